The van der Waals surface area contributed by atoms with Crippen LogP contribution >= 0.6 is 0 Å². The average molecular weight is 224 g/mol. The van der Waals surface area contributed by atoms with E-state index in [4.69, 9.17) is 0 Å². The molecule has 0 aromatic carbocycles. The van der Waals surface area contributed by atoms with E-state index in [2.05, 4.69) is 16.9 Å². The average Bonchev–Trinajstić information content (AvgIpc) is 2.25. The highest BCUT2D eigenvalue weighted by molar-refractivity contribution is 5.13. The molecule has 1 heterocycles. The van der Waals surface area contributed by atoms with Crippen LogP contribution in [0.5, 0.6) is 0 Å². The van der Waals surface area contributed by atoms with Crippen LogP contribution < -0.4 is 0 Å². The summed E-state index contributed by atoms with van der Waals surface area (Å²) in [6, 6.07) is 0. The third kappa shape index (κ3) is 3.54. The van der Waals surface area contributed by atoms with Gasteiger partial charge >= 0.3 is 0 Å². The van der Waals surface area contributed by atoms with Gasteiger partial charge in [-0.2, -0.15) is 0 Å². The molecule has 0 saturated heterocycles. The van der Waals surface area contributed by atoms with Gasteiger partial charge in [0.1, 0.15) is 6.33 Å². The van der Waals surface area contributed by atoms with Crippen LogP contribution in [0, 0.1) is 5.82 Å². The summed E-state index contributed by atoms with van der Waals surface area (Å²) in [6.45, 7) is 6.28. The SMILES string of the molecule is CCCCCCC(C)(C)c1ncncc1F. The molecule has 0 fully saturated rings. The molecule has 0 amide bonds. The molecule has 3 heteroatoms. The van der Waals surface area contributed by atoms with Crippen LogP contribution in [0.2, 0.25) is 0 Å². The quantitative estimate of drug-likeness (QED) is 0.686. The summed E-state index contributed by atoms with van der Waals surface area (Å²) in [5.41, 5.74) is 0.347. The van der Waals surface area contributed by atoms with E-state index >= 15 is 0 Å². The second kappa shape index (κ2) is 5.92. The lowest BCUT2D eigenvalue weighted by Crippen LogP contribution is -2.21. The highest BCUT2D eigenvalue weighted by Gasteiger charge is 2.25. The number of hydrogen-bond donors (Lipinski definition) is 0. The molecule has 0 atom stereocenters. The van der Waals surface area contributed by atoms with Crippen molar-refractivity contribution >= 4 is 0 Å². The molecule has 0 saturated carbocycles. The summed E-state index contributed by atoms with van der Waals surface area (Å²) in [6.07, 6.45) is 8.46. The molecule has 0 N–H and O–H groups in total. The van der Waals surface area contributed by atoms with E-state index in [1.54, 1.807) is 0 Å². The monoisotopic (exact) mass is 224 g/mol. The Labute approximate surface area is 97.3 Å². The highest BCUT2D eigenvalue weighted by atomic mass is 19.1. The second-order valence-corrected chi connectivity index (χ2v) is 4.91. The molecule has 0 aliphatic heterocycles. The van der Waals surface area contributed by atoms with E-state index in [1.807, 2.05) is 13.8 Å². The van der Waals surface area contributed by atoms with Crippen molar-refractivity contribution in [3.8, 4) is 0 Å². The van der Waals surface area contributed by atoms with Crippen molar-refractivity contribution < 1.29 is 4.39 Å². The molecule has 1 rings (SSSR count). The number of halogens is 1. The Balaban J connectivity index is 2.59. The van der Waals surface area contributed by atoms with Crippen molar-refractivity contribution in [1.82, 2.24) is 9.97 Å². The Kier molecular flexibility index (Phi) is 4.84. The van der Waals surface area contributed by atoms with E-state index < -0.39 is 0 Å². The van der Waals surface area contributed by atoms with Gasteiger partial charge in [-0.3, -0.25) is 0 Å². The molecule has 0 unspecified atom stereocenters. The Bertz CT molecular complexity index is 323. The van der Waals surface area contributed by atoms with Gasteiger partial charge in [-0.25, -0.2) is 14.4 Å². The van der Waals surface area contributed by atoms with Gasteiger partial charge in [-0.15, -0.1) is 0 Å². The molecule has 0 spiro atoms. The third-order valence-corrected chi connectivity index (χ3v) is 2.96. The molecule has 90 valence electrons. The fraction of sp³-hybridized carbons (Fsp3) is 0.692. The minimum atomic E-state index is -0.289. The molecule has 0 aliphatic rings. The number of rotatable bonds is 6. The topological polar surface area (TPSA) is 25.8 Å². The van der Waals surface area contributed by atoms with Crippen LogP contribution in [0.25, 0.3) is 0 Å². The third-order valence-electron chi connectivity index (χ3n) is 2.96. The zero-order valence-corrected chi connectivity index (χ0v) is 10.5. The zero-order chi connectivity index (χ0) is 12.0. The first-order valence-electron chi connectivity index (χ1n) is 6.04. The van der Waals surface area contributed by atoms with Gasteiger partial charge in [0.25, 0.3) is 0 Å². The van der Waals surface area contributed by atoms with Crippen LogP contribution in [0.15, 0.2) is 12.5 Å². The molecule has 1 aromatic rings. The number of nitrogens with zero attached hydrogens (tertiary/aromatic N) is 2. The van der Waals surface area contributed by atoms with Gasteiger partial charge in [0.2, 0.25) is 0 Å². The lowest BCUT2D eigenvalue weighted by Gasteiger charge is -2.24. The van der Waals surface area contributed by atoms with Gasteiger partial charge in [0.05, 0.1) is 11.9 Å². The smallest absolute Gasteiger partial charge is 0.163 e. The van der Waals surface area contributed by atoms with Gasteiger partial charge in [-0.1, -0.05) is 46.5 Å². The molecule has 0 bridgehead atoms. The lowest BCUT2D eigenvalue weighted by atomic mass is 9.83. The van der Waals surface area contributed by atoms with Crippen molar-refractivity contribution in [2.75, 3.05) is 0 Å². The first kappa shape index (κ1) is 13.1. The maximum atomic E-state index is 13.5. The maximum Gasteiger partial charge on any atom is 0.163 e. The summed E-state index contributed by atoms with van der Waals surface area (Å²) in [4.78, 5) is 7.74. The summed E-state index contributed by atoms with van der Waals surface area (Å²) in [5.74, 6) is -0.289. The highest BCUT2D eigenvalue weighted by Crippen LogP contribution is 2.29. The largest absolute Gasteiger partial charge is 0.242 e. The first-order valence-corrected chi connectivity index (χ1v) is 6.04. The predicted molar refractivity (Wildman–Crippen MR) is 63.8 cm³/mol. The van der Waals surface area contributed by atoms with Crippen LogP contribution in [-0.4, -0.2) is 9.97 Å². The van der Waals surface area contributed by atoms with Crippen molar-refractivity contribution in [3.05, 3.63) is 24.0 Å². The van der Waals surface area contributed by atoms with E-state index in [-0.39, 0.29) is 11.2 Å². The van der Waals surface area contributed by atoms with Crippen molar-refractivity contribution in [3.63, 3.8) is 0 Å². The van der Waals surface area contributed by atoms with Crippen molar-refractivity contribution in [2.24, 2.45) is 0 Å². The second-order valence-electron chi connectivity index (χ2n) is 4.91. The van der Waals surface area contributed by atoms with Crippen LogP contribution in [-0.2, 0) is 5.41 Å². The van der Waals surface area contributed by atoms with Gasteiger partial charge in [0.15, 0.2) is 5.82 Å². The molecular weight excluding hydrogens is 203 g/mol. The molecule has 16 heavy (non-hydrogen) atoms. The van der Waals surface area contributed by atoms with Gasteiger partial charge in [0, 0.05) is 5.41 Å². The van der Waals surface area contributed by atoms with E-state index in [0.717, 1.165) is 12.8 Å². The number of hydrogen-bond acceptors (Lipinski definition) is 2. The lowest BCUT2D eigenvalue weighted by molar-refractivity contribution is 0.410. The normalized spacial score (nSPS) is 11.8. The van der Waals surface area contributed by atoms with Crippen molar-refractivity contribution in [2.45, 2.75) is 58.3 Å². The Hall–Kier alpha value is -0.990. The van der Waals surface area contributed by atoms with Crippen LogP contribution in [0.3, 0.4) is 0 Å². The van der Waals surface area contributed by atoms with E-state index in [1.165, 1.54) is 31.8 Å². The van der Waals surface area contributed by atoms with Crippen LogP contribution in [0.1, 0.15) is 58.6 Å². The van der Waals surface area contributed by atoms with E-state index in [0.29, 0.717) is 5.69 Å². The summed E-state index contributed by atoms with van der Waals surface area (Å²) < 4.78 is 13.5. The van der Waals surface area contributed by atoms with Crippen molar-refractivity contribution in [1.29, 1.82) is 0 Å². The van der Waals surface area contributed by atoms with Gasteiger partial charge in [-0.05, 0) is 6.42 Å². The minimum Gasteiger partial charge on any atom is -0.242 e. The number of unbranched alkanes of at least 4 members (excludes halogenated alkanes) is 3. The van der Waals surface area contributed by atoms with Gasteiger partial charge < -0.3 is 0 Å². The minimum absolute atomic E-state index is 0.194. The fourth-order valence-electron chi connectivity index (χ4n) is 1.92. The van der Waals surface area contributed by atoms with Crippen LogP contribution in [0.4, 0.5) is 4.39 Å². The summed E-state index contributed by atoms with van der Waals surface area (Å²) in [7, 11) is 0. The Morgan fingerprint density at radius 1 is 1.25 bits per heavy atom. The molecule has 0 aliphatic carbocycles. The Morgan fingerprint density at radius 3 is 2.62 bits per heavy atom. The summed E-state index contributed by atoms with van der Waals surface area (Å²) >= 11 is 0. The zero-order valence-electron chi connectivity index (χ0n) is 10.5. The summed E-state index contributed by atoms with van der Waals surface area (Å²) in [5, 5.41) is 0. The van der Waals surface area contributed by atoms with E-state index in [9.17, 15) is 4.39 Å². The molecule has 0 radical (unpaired) electrons. The fourth-order valence-corrected chi connectivity index (χ4v) is 1.92. The Morgan fingerprint density at radius 2 is 2.00 bits per heavy atom. The molecule has 2 nitrogen and oxygen atoms in total. The predicted octanol–water partition coefficient (Wildman–Crippen LogP) is 3.86. The molecule has 1 aromatic heterocycles. The molecular formula is C13H21FN2. The maximum absolute atomic E-state index is 13.5. The first-order chi connectivity index (χ1) is 7.58. The number of aromatic nitrogens is 2. The standard InChI is InChI=1S/C13H21FN2/c1-4-5-6-7-8-13(2,3)12-11(14)9-15-10-16-12/h9-10H,4-8H2,1-3H3.